The molecule has 1 N–H and O–H groups in total. The third kappa shape index (κ3) is 4.77. The number of amides is 2. The molecule has 1 aliphatic rings. The first kappa shape index (κ1) is 19.3. The Morgan fingerprint density at radius 3 is 2.40 bits per heavy atom. The SMILES string of the molecule is CC(C)C[C@H]1CN(C(=O)c2ccc(F)cc2F)[C@@H](CC(C)C)C(=O)N1. The Bertz CT molecular complexity index is 646. The fourth-order valence-corrected chi connectivity index (χ4v) is 3.27. The molecule has 138 valence electrons. The molecule has 2 atom stereocenters. The van der Waals surface area contributed by atoms with E-state index in [1.165, 1.54) is 4.90 Å². The van der Waals surface area contributed by atoms with Crippen molar-refractivity contribution in [3.63, 3.8) is 0 Å². The second-order valence-electron chi connectivity index (χ2n) is 7.56. The van der Waals surface area contributed by atoms with Crippen molar-refractivity contribution in [1.82, 2.24) is 10.2 Å². The van der Waals surface area contributed by atoms with Gasteiger partial charge in [0.1, 0.15) is 17.7 Å². The smallest absolute Gasteiger partial charge is 0.257 e. The number of hydrogen-bond acceptors (Lipinski definition) is 2. The topological polar surface area (TPSA) is 49.4 Å². The number of benzene rings is 1. The van der Waals surface area contributed by atoms with Gasteiger partial charge in [0.25, 0.3) is 5.91 Å². The van der Waals surface area contributed by atoms with E-state index in [4.69, 9.17) is 0 Å². The molecule has 0 aliphatic carbocycles. The Hall–Kier alpha value is -1.98. The lowest BCUT2D eigenvalue weighted by Gasteiger charge is -2.40. The van der Waals surface area contributed by atoms with E-state index in [1.54, 1.807) is 0 Å². The standard InChI is InChI=1S/C19H26F2N2O2/c1-11(2)7-14-10-23(17(8-12(3)4)18(24)22-14)19(25)15-6-5-13(20)9-16(15)21/h5-6,9,11-12,14,17H,7-8,10H2,1-4H3,(H,22,24)/t14-,17-/m0/s1. The number of carbonyl (C=O) groups is 2. The molecular formula is C19H26F2N2O2. The van der Waals surface area contributed by atoms with Crippen molar-refractivity contribution in [3.8, 4) is 0 Å². The highest BCUT2D eigenvalue weighted by Gasteiger charge is 2.38. The zero-order valence-corrected chi connectivity index (χ0v) is 15.2. The summed E-state index contributed by atoms with van der Waals surface area (Å²) < 4.78 is 27.2. The molecule has 6 heteroatoms. The second kappa shape index (κ2) is 7.93. The fraction of sp³-hybridized carbons (Fsp3) is 0.579. The number of nitrogens with zero attached hydrogens (tertiary/aromatic N) is 1. The normalized spacial score (nSPS) is 21.0. The van der Waals surface area contributed by atoms with E-state index < -0.39 is 23.6 Å². The molecule has 0 spiro atoms. The van der Waals surface area contributed by atoms with Gasteiger partial charge in [0.2, 0.25) is 5.91 Å². The van der Waals surface area contributed by atoms with Crippen LogP contribution in [-0.4, -0.2) is 35.3 Å². The third-order valence-electron chi connectivity index (χ3n) is 4.32. The van der Waals surface area contributed by atoms with Crippen molar-refractivity contribution >= 4 is 11.8 Å². The average Bonchev–Trinajstić information content (AvgIpc) is 2.48. The highest BCUT2D eigenvalue weighted by molar-refractivity contribution is 5.98. The van der Waals surface area contributed by atoms with Gasteiger partial charge >= 0.3 is 0 Å². The molecule has 1 fully saturated rings. The number of halogens is 2. The molecule has 1 saturated heterocycles. The molecule has 4 nitrogen and oxygen atoms in total. The largest absolute Gasteiger partial charge is 0.350 e. The minimum atomic E-state index is -0.903. The third-order valence-corrected chi connectivity index (χ3v) is 4.32. The van der Waals surface area contributed by atoms with Gasteiger partial charge in [0.15, 0.2) is 0 Å². The van der Waals surface area contributed by atoms with Gasteiger partial charge in [-0.1, -0.05) is 27.7 Å². The first-order valence-corrected chi connectivity index (χ1v) is 8.75. The van der Waals surface area contributed by atoms with Crippen LogP contribution in [-0.2, 0) is 4.79 Å². The first-order valence-electron chi connectivity index (χ1n) is 8.75. The van der Waals surface area contributed by atoms with Gasteiger partial charge in [0, 0.05) is 18.7 Å². The summed E-state index contributed by atoms with van der Waals surface area (Å²) in [6.45, 7) is 8.34. The maximum atomic E-state index is 14.1. The predicted octanol–water partition coefficient (Wildman–Crippen LogP) is 3.37. The lowest BCUT2D eigenvalue weighted by molar-refractivity contribution is -0.130. The minimum Gasteiger partial charge on any atom is -0.350 e. The summed E-state index contributed by atoms with van der Waals surface area (Å²) in [6, 6.07) is 2.09. The Morgan fingerprint density at radius 1 is 1.20 bits per heavy atom. The molecule has 1 aromatic rings. The van der Waals surface area contributed by atoms with Crippen molar-refractivity contribution in [3.05, 3.63) is 35.4 Å². The number of carbonyl (C=O) groups excluding carboxylic acids is 2. The van der Waals surface area contributed by atoms with E-state index in [1.807, 2.05) is 27.7 Å². The van der Waals surface area contributed by atoms with Crippen molar-refractivity contribution in [1.29, 1.82) is 0 Å². The Labute approximate surface area is 147 Å². The van der Waals surface area contributed by atoms with Crippen LogP contribution in [0.25, 0.3) is 0 Å². The zero-order chi connectivity index (χ0) is 18.7. The molecule has 2 rings (SSSR count). The number of nitrogens with one attached hydrogen (secondary N) is 1. The van der Waals surface area contributed by atoms with Crippen molar-refractivity contribution in [2.75, 3.05) is 6.54 Å². The van der Waals surface area contributed by atoms with Crippen LogP contribution in [0.5, 0.6) is 0 Å². The van der Waals surface area contributed by atoms with Crippen molar-refractivity contribution in [2.45, 2.75) is 52.6 Å². The average molecular weight is 352 g/mol. The van der Waals surface area contributed by atoms with Crippen molar-refractivity contribution < 1.29 is 18.4 Å². The van der Waals surface area contributed by atoms with Gasteiger partial charge in [-0.25, -0.2) is 8.78 Å². The number of hydrogen-bond donors (Lipinski definition) is 1. The highest BCUT2D eigenvalue weighted by atomic mass is 19.1. The highest BCUT2D eigenvalue weighted by Crippen LogP contribution is 2.23. The van der Waals surface area contributed by atoms with E-state index in [-0.39, 0.29) is 23.4 Å². The van der Waals surface area contributed by atoms with Crippen LogP contribution in [0.4, 0.5) is 8.78 Å². The molecule has 0 radical (unpaired) electrons. The summed E-state index contributed by atoms with van der Waals surface area (Å²) in [4.78, 5) is 26.9. The van der Waals surface area contributed by atoms with Gasteiger partial charge < -0.3 is 10.2 Å². The van der Waals surface area contributed by atoms with Crippen LogP contribution in [0, 0.1) is 23.5 Å². The molecule has 0 saturated carbocycles. The fourth-order valence-electron chi connectivity index (χ4n) is 3.27. The van der Waals surface area contributed by atoms with Crippen LogP contribution in [0.2, 0.25) is 0 Å². The van der Waals surface area contributed by atoms with Crippen LogP contribution in [0.15, 0.2) is 18.2 Å². The summed E-state index contributed by atoms with van der Waals surface area (Å²) in [5, 5.41) is 2.98. The van der Waals surface area contributed by atoms with Gasteiger partial charge in [-0.3, -0.25) is 9.59 Å². The molecule has 0 unspecified atom stereocenters. The van der Waals surface area contributed by atoms with Crippen LogP contribution < -0.4 is 5.32 Å². The van der Waals surface area contributed by atoms with E-state index >= 15 is 0 Å². The summed E-state index contributed by atoms with van der Waals surface area (Å²) in [5.74, 6) is -1.85. The van der Waals surface area contributed by atoms with E-state index in [0.29, 0.717) is 24.9 Å². The minimum absolute atomic E-state index is 0.164. The molecule has 25 heavy (non-hydrogen) atoms. The van der Waals surface area contributed by atoms with Gasteiger partial charge in [-0.15, -0.1) is 0 Å². The number of rotatable bonds is 5. The Balaban J connectivity index is 2.32. The lowest BCUT2D eigenvalue weighted by Crippen LogP contribution is -2.62. The van der Waals surface area contributed by atoms with Crippen molar-refractivity contribution in [2.24, 2.45) is 11.8 Å². The van der Waals surface area contributed by atoms with Gasteiger partial charge in [0.05, 0.1) is 5.56 Å². The monoisotopic (exact) mass is 352 g/mol. The maximum Gasteiger partial charge on any atom is 0.257 e. The summed E-state index contributed by atoms with van der Waals surface area (Å²) in [7, 11) is 0. The Morgan fingerprint density at radius 2 is 1.84 bits per heavy atom. The summed E-state index contributed by atoms with van der Waals surface area (Å²) in [5.41, 5.74) is -0.201. The molecule has 1 aromatic carbocycles. The first-order chi connectivity index (χ1) is 11.7. The molecular weight excluding hydrogens is 326 g/mol. The zero-order valence-electron chi connectivity index (χ0n) is 15.2. The lowest BCUT2D eigenvalue weighted by atomic mass is 9.94. The van der Waals surface area contributed by atoms with E-state index in [2.05, 4.69) is 5.32 Å². The van der Waals surface area contributed by atoms with Crippen LogP contribution in [0.1, 0.15) is 50.9 Å². The second-order valence-corrected chi connectivity index (χ2v) is 7.56. The summed E-state index contributed by atoms with van der Waals surface area (Å²) in [6.07, 6.45) is 1.23. The molecule has 0 bridgehead atoms. The van der Waals surface area contributed by atoms with Crippen LogP contribution >= 0.6 is 0 Å². The van der Waals surface area contributed by atoms with Gasteiger partial charge in [-0.05, 0) is 36.8 Å². The quantitative estimate of drug-likeness (QED) is 0.883. The molecule has 2 amide bonds. The number of piperazine rings is 1. The van der Waals surface area contributed by atoms with E-state index in [9.17, 15) is 18.4 Å². The van der Waals surface area contributed by atoms with E-state index in [0.717, 1.165) is 18.6 Å². The molecule has 1 heterocycles. The van der Waals surface area contributed by atoms with Crippen LogP contribution in [0.3, 0.4) is 0 Å². The Kier molecular flexibility index (Phi) is 6.14. The van der Waals surface area contributed by atoms with Gasteiger partial charge in [-0.2, -0.15) is 0 Å². The summed E-state index contributed by atoms with van der Waals surface area (Å²) >= 11 is 0. The molecule has 1 aliphatic heterocycles. The molecule has 0 aromatic heterocycles. The predicted molar refractivity (Wildman–Crippen MR) is 92.0 cm³/mol. The maximum absolute atomic E-state index is 14.1.